The van der Waals surface area contributed by atoms with Crippen LogP contribution in [-0.2, 0) is 14.8 Å². The van der Waals surface area contributed by atoms with Gasteiger partial charge in [0.2, 0.25) is 15.9 Å². The molecule has 0 saturated carbocycles. The molecule has 0 unspecified atom stereocenters. The first kappa shape index (κ1) is 24.5. The summed E-state index contributed by atoms with van der Waals surface area (Å²) < 4.78 is 49.9. The van der Waals surface area contributed by atoms with E-state index in [0.717, 1.165) is 16.1 Å². The van der Waals surface area contributed by atoms with Gasteiger partial charge in [0.1, 0.15) is 5.82 Å². The fourth-order valence-electron chi connectivity index (χ4n) is 3.26. The van der Waals surface area contributed by atoms with Crippen molar-refractivity contribution in [1.82, 2.24) is 5.32 Å². The number of carbonyl (C=O) groups excluding carboxylic acids is 1. The average Bonchev–Trinajstić information content (AvgIpc) is 2.74. The summed E-state index contributed by atoms with van der Waals surface area (Å²) in [5.74, 6) is 0.323. The standard InChI is InChI=1S/C22H29FN2O5S/c1-5-18(16-12-13-20(29-2)21(15-16)30-3)24-22(26)11-8-14-25(31(4,27)28)19-10-7-6-9-17(19)23/h6-7,9-10,12-13,15,18H,5,8,11,14H2,1-4H3,(H,24,26)/t18-/m0/s1. The molecule has 1 N–H and O–H groups in total. The number of sulfonamides is 1. The van der Waals surface area contributed by atoms with Gasteiger partial charge in [-0.2, -0.15) is 0 Å². The molecule has 2 aromatic rings. The first-order valence-electron chi connectivity index (χ1n) is 9.94. The Morgan fingerprint density at radius 2 is 1.81 bits per heavy atom. The van der Waals surface area contributed by atoms with Crippen LogP contribution in [0.1, 0.15) is 37.8 Å². The molecule has 9 heteroatoms. The van der Waals surface area contributed by atoms with E-state index in [-0.39, 0.29) is 37.0 Å². The molecule has 31 heavy (non-hydrogen) atoms. The highest BCUT2D eigenvalue weighted by molar-refractivity contribution is 7.92. The van der Waals surface area contributed by atoms with Gasteiger partial charge in [0.05, 0.1) is 32.2 Å². The van der Waals surface area contributed by atoms with Crippen molar-refractivity contribution in [3.8, 4) is 11.5 Å². The van der Waals surface area contributed by atoms with Crippen LogP contribution in [-0.4, -0.2) is 41.3 Å². The topological polar surface area (TPSA) is 84.9 Å². The van der Waals surface area contributed by atoms with Gasteiger partial charge in [-0.15, -0.1) is 0 Å². The quantitative estimate of drug-likeness (QED) is 0.563. The molecule has 1 atom stereocenters. The Kier molecular flexibility index (Phi) is 8.67. The Hall–Kier alpha value is -2.81. The highest BCUT2D eigenvalue weighted by atomic mass is 32.2. The van der Waals surface area contributed by atoms with Crippen molar-refractivity contribution >= 4 is 21.6 Å². The fourth-order valence-corrected chi connectivity index (χ4v) is 4.23. The zero-order chi connectivity index (χ0) is 23.0. The number of halogens is 1. The molecular formula is C22H29FN2O5S. The van der Waals surface area contributed by atoms with E-state index in [2.05, 4.69) is 5.32 Å². The third-order valence-corrected chi connectivity index (χ3v) is 6.02. The van der Waals surface area contributed by atoms with Gasteiger partial charge in [0.15, 0.2) is 11.5 Å². The van der Waals surface area contributed by atoms with Gasteiger partial charge >= 0.3 is 0 Å². The summed E-state index contributed by atoms with van der Waals surface area (Å²) in [6.07, 6.45) is 2.02. The Labute approximate surface area is 183 Å². The van der Waals surface area contributed by atoms with Crippen LogP contribution in [0.5, 0.6) is 11.5 Å². The first-order valence-corrected chi connectivity index (χ1v) is 11.8. The molecule has 1 amide bonds. The highest BCUT2D eigenvalue weighted by Crippen LogP contribution is 2.31. The van der Waals surface area contributed by atoms with Crippen LogP contribution in [0.25, 0.3) is 0 Å². The van der Waals surface area contributed by atoms with E-state index < -0.39 is 15.8 Å². The number of ether oxygens (including phenoxy) is 2. The number of methoxy groups -OCH3 is 2. The minimum Gasteiger partial charge on any atom is -0.493 e. The van der Waals surface area contributed by atoms with Gasteiger partial charge in [-0.1, -0.05) is 25.1 Å². The number of benzene rings is 2. The Morgan fingerprint density at radius 3 is 2.39 bits per heavy atom. The maximum absolute atomic E-state index is 14.1. The zero-order valence-electron chi connectivity index (χ0n) is 18.2. The second-order valence-electron chi connectivity index (χ2n) is 7.03. The van der Waals surface area contributed by atoms with E-state index in [9.17, 15) is 17.6 Å². The van der Waals surface area contributed by atoms with E-state index in [1.807, 2.05) is 19.1 Å². The SMILES string of the molecule is CC[C@H](NC(=O)CCCN(c1ccccc1F)S(C)(=O)=O)c1ccc(OC)c(OC)c1. The average molecular weight is 453 g/mol. The maximum Gasteiger partial charge on any atom is 0.232 e. The highest BCUT2D eigenvalue weighted by Gasteiger charge is 2.21. The van der Waals surface area contributed by atoms with Crippen LogP contribution in [0.15, 0.2) is 42.5 Å². The molecule has 2 aromatic carbocycles. The molecule has 7 nitrogen and oxygen atoms in total. The van der Waals surface area contributed by atoms with Crippen molar-refractivity contribution in [3.63, 3.8) is 0 Å². The molecule has 0 heterocycles. The van der Waals surface area contributed by atoms with Crippen LogP contribution in [0.3, 0.4) is 0 Å². The Balaban J connectivity index is 2.02. The van der Waals surface area contributed by atoms with E-state index in [0.29, 0.717) is 17.9 Å². The van der Waals surface area contributed by atoms with Gasteiger partial charge in [-0.25, -0.2) is 12.8 Å². The van der Waals surface area contributed by atoms with Crippen molar-refractivity contribution in [1.29, 1.82) is 0 Å². The summed E-state index contributed by atoms with van der Waals surface area (Å²) in [5.41, 5.74) is 0.847. The van der Waals surface area contributed by atoms with Crippen molar-refractivity contribution < 1.29 is 27.1 Å². The lowest BCUT2D eigenvalue weighted by Crippen LogP contribution is -2.33. The van der Waals surface area contributed by atoms with E-state index in [4.69, 9.17) is 9.47 Å². The number of amides is 1. The summed E-state index contributed by atoms with van der Waals surface area (Å²) in [5, 5.41) is 2.96. The van der Waals surface area contributed by atoms with Gasteiger partial charge < -0.3 is 14.8 Å². The maximum atomic E-state index is 14.1. The molecule has 0 saturated heterocycles. The number of rotatable bonds is 11. The second kappa shape index (κ2) is 11.0. The minimum absolute atomic E-state index is 0.000334. The molecule has 0 aliphatic rings. The number of carbonyl (C=O) groups is 1. The predicted molar refractivity (Wildman–Crippen MR) is 119 cm³/mol. The summed E-state index contributed by atoms with van der Waals surface area (Å²) >= 11 is 0. The van der Waals surface area contributed by atoms with E-state index in [1.54, 1.807) is 26.4 Å². The van der Waals surface area contributed by atoms with Crippen molar-refractivity contribution in [2.75, 3.05) is 31.3 Å². The summed E-state index contributed by atoms with van der Waals surface area (Å²) in [4.78, 5) is 12.5. The number of para-hydroxylation sites is 1. The van der Waals surface area contributed by atoms with Crippen molar-refractivity contribution in [2.24, 2.45) is 0 Å². The lowest BCUT2D eigenvalue weighted by Gasteiger charge is -2.23. The monoisotopic (exact) mass is 452 g/mol. The first-order chi connectivity index (χ1) is 14.7. The van der Waals surface area contributed by atoms with Gasteiger partial charge in [0, 0.05) is 13.0 Å². The number of hydrogen-bond acceptors (Lipinski definition) is 5. The number of hydrogen-bond donors (Lipinski definition) is 1. The summed E-state index contributed by atoms with van der Waals surface area (Å²) in [6.45, 7) is 1.95. The third kappa shape index (κ3) is 6.58. The molecule has 0 aliphatic carbocycles. The molecule has 0 aromatic heterocycles. The Bertz CT molecular complexity index is 997. The number of nitrogens with one attached hydrogen (secondary N) is 1. The fraction of sp³-hybridized carbons (Fsp3) is 0.409. The van der Waals surface area contributed by atoms with Crippen LogP contribution in [0, 0.1) is 5.82 Å². The van der Waals surface area contributed by atoms with Gasteiger partial charge in [-0.3, -0.25) is 9.10 Å². The molecule has 2 rings (SSSR count). The lowest BCUT2D eigenvalue weighted by molar-refractivity contribution is -0.121. The molecular weight excluding hydrogens is 423 g/mol. The Morgan fingerprint density at radius 1 is 1.13 bits per heavy atom. The number of nitrogens with zero attached hydrogens (tertiary/aromatic N) is 1. The van der Waals surface area contributed by atoms with Crippen molar-refractivity contribution in [3.05, 3.63) is 53.8 Å². The lowest BCUT2D eigenvalue weighted by atomic mass is 10.0. The summed E-state index contributed by atoms with van der Waals surface area (Å²) in [6, 6.07) is 10.9. The zero-order valence-corrected chi connectivity index (χ0v) is 19.0. The van der Waals surface area contributed by atoms with E-state index in [1.165, 1.54) is 18.2 Å². The van der Waals surface area contributed by atoms with Crippen LogP contribution >= 0.6 is 0 Å². The molecule has 0 radical (unpaired) electrons. The molecule has 0 spiro atoms. The minimum atomic E-state index is -3.69. The largest absolute Gasteiger partial charge is 0.493 e. The predicted octanol–water partition coefficient (Wildman–Crippen LogP) is 3.66. The van der Waals surface area contributed by atoms with Crippen LogP contribution < -0.4 is 19.1 Å². The molecule has 0 aliphatic heterocycles. The van der Waals surface area contributed by atoms with Crippen LogP contribution in [0.4, 0.5) is 10.1 Å². The second-order valence-corrected chi connectivity index (χ2v) is 8.94. The molecule has 0 fully saturated rings. The molecule has 170 valence electrons. The number of anilines is 1. The van der Waals surface area contributed by atoms with Gasteiger partial charge in [-0.05, 0) is 42.7 Å². The van der Waals surface area contributed by atoms with Crippen LogP contribution in [0.2, 0.25) is 0 Å². The smallest absolute Gasteiger partial charge is 0.232 e. The normalized spacial score (nSPS) is 12.2. The molecule has 0 bridgehead atoms. The van der Waals surface area contributed by atoms with Crippen molar-refractivity contribution in [2.45, 2.75) is 32.2 Å². The summed E-state index contributed by atoms with van der Waals surface area (Å²) in [7, 11) is -0.588. The third-order valence-electron chi connectivity index (χ3n) is 4.84. The van der Waals surface area contributed by atoms with E-state index >= 15 is 0 Å². The van der Waals surface area contributed by atoms with Gasteiger partial charge in [0.25, 0.3) is 0 Å².